The molecule has 0 saturated heterocycles. The molecule has 2 unspecified atom stereocenters. The summed E-state index contributed by atoms with van der Waals surface area (Å²) in [7, 11) is -3.94. The van der Waals surface area contributed by atoms with Crippen molar-refractivity contribution in [3.05, 3.63) is 23.3 Å². The van der Waals surface area contributed by atoms with Gasteiger partial charge in [0, 0.05) is 12.3 Å². The van der Waals surface area contributed by atoms with Gasteiger partial charge in [0.05, 0.1) is 17.3 Å². The van der Waals surface area contributed by atoms with E-state index in [1.54, 1.807) is 0 Å². The molecule has 0 aromatic heterocycles. The van der Waals surface area contributed by atoms with Crippen LogP contribution in [0, 0.1) is 35.0 Å². The van der Waals surface area contributed by atoms with Crippen LogP contribution in [0.2, 0.25) is 37.8 Å². The fraction of sp³-hybridized carbons (Fsp3) is 0.862. The molecule has 4 aliphatic rings. The van der Waals surface area contributed by atoms with Crippen LogP contribution in [0.1, 0.15) is 68.2 Å². The summed E-state index contributed by atoms with van der Waals surface area (Å²) in [6.07, 6.45) is 6.66. The highest BCUT2D eigenvalue weighted by atomic mass is 28.4. The lowest BCUT2D eigenvalue weighted by atomic mass is 9.62. The lowest BCUT2D eigenvalue weighted by molar-refractivity contribution is -0.0975. The number of hydrogen-bond donors (Lipinski definition) is 1. The van der Waals surface area contributed by atoms with Crippen LogP contribution in [0.15, 0.2) is 23.3 Å². The van der Waals surface area contributed by atoms with Crippen LogP contribution in [-0.4, -0.2) is 39.0 Å². The first-order chi connectivity index (χ1) is 15.1. The zero-order valence-corrected chi connectivity index (χ0v) is 26.3. The molecule has 0 aromatic rings. The second-order valence-corrected chi connectivity index (χ2v) is 24.8. The molecule has 0 aliphatic heterocycles. The highest BCUT2D eigenvalue weighted by Crippen LogP contribution is 2.74. The molecule has 3 nitrogen and oxygen atoms in total. The number of aliphatic hydroxyl groups is 1. The normalized spacial score (nSPS) is 43.8. The summed E-state index contributed by atoms with van der Waals surface area (Å²) in [4.78, 5) is 0. The zero-order valence-electron chi connectivity index (χ0n) is 24.3. The van der Waals surface area contributed by atoms with E-state index >= 15 is 0 Å². The van der Waals surface area contributed by atoms with E-state index in [-0.39, 0.29) is 16.7 Å². The molecule has 8 atom stereocenters. The monoisotopic (exact) mass is 504 g/mol. The second kappa shape index (κ2) is 7.66. The van der Waals surface area contributed by atoms with E-state index in [1.165, 1.54) is 17.6 Å². The smallest absolute Gasteiger partial charge is 0.192 e. The van der Waals surface area contributed by atoms with Gasteiger partial charge in [-0.3, -0.25) is 0 Å². The largest absolute Gasteiger partial charge is 0.413 e. The fourth-order valence-corrected chi connectivity index (χ4v) is 10.5. The topological polar surface area (TPSA) is 38.7 Å². The summed E-state index contributed by atoms with van der Waals surface area (Å²) in [5.74, 6) is 2.32. The average Bonchev–Trinajstić information content (AvgIpc) is 3.01. The van der Waals surface area contributed by atoms with Gasteiger partial charge in [0.15, 0.2) is 16.6 Å². The highest BCUT2D eigenvalue weighted by molar-refractivity contribution is 6.74. The Morgan fingerprint density at radius 1 is 1.00 bits per heavy atom. The maximum absolute atomic E-state index is 11.2. The van der Waals surface area contributed by atoms with Gasteiger partial charge in [-0.1, -0.05) is 54.5 Å². The predicted molar refractivity (Wildman–Crippen MR) is 148 cm³/mol. The standard InChI is InChI=1S/C29H52O3Si2/c1-18-14-20-16-28(8,30)17-22(20)29(32-33(9,10)11)19(2)15-21-23(27(21,6)7)24(29)25(18)31-34(12,13)26(3,4)5/h14,17-19,21,23-25,30H,15-16H2,1-13H3/t18-,19-,21-,23-,24-,25?,28+,29?/m1/s1. The third kappa shape index (κ3) is 4.10. The molecule has 5 heteroatoms. The summed E-state index contributed by atoms with van der Waals surface area (Å²) in [6, 6.07) is 0. The number of rotatable bonds is 4. The van der Waals surface area contributed by atoms with E-state index < -0.39 is 22.2 Å². The zero-order chi connectivity index (χ0) is 25.9. The number of fused-ring (bicyclic) bond motifs is 5. The van der Waals surface area contributed by atoms with Gasteiger partial charge in [-0.2, -0.15) is 0 Å². The molecule has 1 N–H and O–H groups in total. The van der Waals surface area contributed by atoms with Crippen molar-refractivity contribution in [2.24, 2.45) is 35.0 Å². The molecule has 0 radical (unpaired) electrons. The van der Waals surface area contributed by atoms with Crippen molar-refractivity contribution in [3.63, 3.8) is 0 Å². The van der Waals surface area contributed by atoms with Crippen LogP contribution in [-0.2, 0) is 8.85 Å². The van der Waals surface area contributed by atoms with Crippen molar-refractivity contribution in [2.75, 3.05) is 0 Å². The lowest BCUT2D eigenvalue weighted by Gasteiger charge is -2.55. The summed E-state index contributed by atoms with van der Waals surface area (Å²) in [5.41, 5.74) is 1.73. The molecule has 34 heavy (non-hydrogen) atoms. The second-order valence-electron chi connectivity index (χ2n) is 15.6. The van der Waals surface area contributed by atoms with Gasteiger partial charge in [-0.25, -0.2) is 0 Å². The summed E-state index contributed by atoms with van der Waals surface area (Å²) < 4.78 is 14.9. The Morgan fingerprint density at radius 2 is 1.59 bits per heavy atom. The quantitative estimate of drug-likeness (QED) is 0.402. The Balaban J connectivity index is 1.97. The summed E-state index contributed by atoms with van der Waals surface area (Å²) >= 11 is 0. The van der Waals surface area contributed by atoms with Crippen LogP contribution in [0.4, 0.5) is 0 Å². The molecule has 0 spiro atoms. The molecule has 0 amide bonds. The highest BCUT2D eigenvalue weighted by Gasteiger charge is 2.74. The van der Waals surface area contributed by atoms with E-state index in [1.807, 2.05) is 6.92 Å². The average molecular weight is 505 g/mol. The van der Waals surface area contributed by atoms with E-state index in [4.69, 9.17) is 8.85 Å². The van der Waals surface area contributed by atoms with E-state index in [9.17, 15) is 5.11 Å². The molecule has 2 saturated carbocycles. The first-order valence-electron chi connectivity index (χ1n) is 13.7. The van der Waals surface area contributed by atoms with Crippen molar-refractivity contribution in [2.45, 2.75) is 123 Å². The third-order valence-corrected chi connectivity index (χ3v) is 15.6. The van der Waals surface area contributed by atoms with Crippen LogP contribution in [0.3, 0.4) is 0 Å². The maximum Gasteiger partial charge on any atom is 0.192 e. The van der Waals surface area contributed by atoms with Crippen molar-refractivity contribution in [1.82, 2.24) is 0 Å². The molecular formula is C29H52O3Si2. The molecular weight excluding hydrogens is 452 g/mol. The first-order valence-corrected chi connectivity index (χ1v) is 20.0. The van der Waals surface area contributed by atoms with Gasteiger partial charge < -0.3 is 14.0 Å². The van der Waals surface area contributed by atoms with Gasteiger partial charge in [0.25, 0.3) is 0 Å². The van der Waals surface area contributed by atoms with Crippen LogP contribution in [0.25, 0.3) is 0 Å². The van der Waals surface area contributed by atoms with Gasteiger partial charge in [0.1, 0.15) is 0 Å². The lowest BCUT2D eigenvalue weighted by Crippen LogP contribution is -2.61. The van der Waals surface area contributed by atoms with Crippen LogP contribution >= 0.6 is 0 Å². The molecule has 194 valence electrons. The van der Waals surface area contributed by atoms with Gasteiger partial charge in [-0.05, 0) is 97.4 Å². The summed E-state index contributed by atoms with van der Waals surface area (Å²) in [6.45, 7) is 30.6. The van der Waals surface area contributed by atoms with Crippen molar-refractivity contribution in [3.8, 4) is 0 Å². The van der Waals surface area contributed by atoms with Crippen molar-refractivity contribution < 1.29 is 14.0 Å². The molecule has 0 bridgehead atoms. The first kappa shape index (κ1) is 26.8. The predicted octanol–water partition coefficient (Wildman–Crippen LogP) is 7.55. The van der Waals surface area contributed by atoms with E-state index in [0.29, 0.717) is 35.5 Å². The van der Waals surface area contributed by atoms with Crippen LogP contribution < -0.4 is 0 Å². The van der Waals surface area contributed by atoms with E-state index in [0.717, 1.165) is 5.92 Å². The van der Waals surface area contributed by atoms with Crippen molar-refractivity contribution >= 4 is 16.6 Å². The minimum absolute atomic E-state index is 0.137. The SMILES string of the molecule is C[C@@H]1C=C2C[C@](C)(O)C=C2C2(O[Si](C)(C)C)[C@H](C)C[C@@H]3[C@H]([C@@H]2C1O[Si](C)(C)C(C)(C)C)C3(C)C. The Morgan fingerprint density at radius 3 is 2.12 bits per heavy atom. The molecule has 4 aliphatic carbocycles. The minimum atomic E-state index is -2.01. The Labute approximate surface area is 212 Å². The molecule has 0 heterocycles. The molecule has 4 rings (SSSR count). The molecule has 0 aromatic carbocycles. The van der Waals surface area contributed by atoms with Crippen molar-refractivity contribution in [1.29, 1.82) is 0 Å². The molecule has 2 fully saturated rings. The van der Waals surface area contributed by atoms with Gasteiger partial charge in [-0.15, -0.1) is 0 Å². The van der Waals surface area contributed by atoms with Crippen LogP contribution in [0.5, 0.6) is 0 Å². The Bertz CT molecular complexity index is 901. The number of hydrogen-bond acceptors (Lipinski definition) is 3. The minimum Gasteiger partial charge on any atom is -0.413 e. The summed E-state index contributed by atoms with van der Waals surface area (Å²) in [5, 5.41) is 11.4. The van der Waals surface area contributed by atoms with Gasteiger partial charge in [0.2, 0.25) is 0 Å². The fourth-order valence-electron chi connectivity index (χ4n) is 7.61. The Kier molecular flexibility index (Phi) is 6.05. The van der Waals surface area contributed by atoms with Gasteiger partial charge >= 0.3 is 0 Å². The third-order valence-electron chi connectivity index (χ3n) is 10.2. The maximum atomic E-state index is 11.2. The van der Waals surface area contributed by atoms with E-state index in [2.05, 4.69) is 93.4 Å². The Hall–Kier alpha value is -0.206.